The SMILES string of the molecule is CCOC(=O)CC#Cc1ccc(OC)nn1. The summed E-state index contributed by atoms with van der Waals surface area (Å²) in [5, 5.41) is 7.53. The number of esters is 1. The van der Waals surface area contributed by atoms with Crippen LogP contribution >= 0.6 is 0 Å². The Balaban J connectivity index is 2.53. The van der Waals surface area contributed by atoms with Gasteiger partial charge in [0.25, 0.3) is 0 Å². The summed E-state index contributed by atoms with van der Waals surface area (Å²) in [5.74, 6) is 5.45. The minimum Gasteiger partial charge on any atom is -0.480 e. The lowest BCUT2D eigenvalue weighted by atomic mass is 10.3. The molecular formula is C11H12N2O3. The van der Waals surface area contributed by atoms with E-state index < -0.39 is 0 Å². The molecule has 0 aliphatic heterocycles. The zero-order valence-electron chi connectivity index (χ0n) is 9.19. The van der Waals surface area contributed by atoms with Crippen molar-refractivity contribution in [2.45, 2.75) is 13.3 Å². The Morgan fingerprint density at radius 2 is 2.25 bits per heavy atom. The number of aromatic nitrogens is 2. The maximum atomic E-state index is 11.0. The molecule has 5 heteroatoms. The van der Waals surface area contributed by atoms with Crippen LogP contribution in [0, 0.1) is 11.8 Å². The zero-order valence-corrected chi connectivity index (χ0v) is 9.19. The molecule has 0 atom stereocenters. The van der Waals surface area contributed by atoms with Crippen LogP contribution in [0.4, 0.5) is 0 Å². The number of ether oxygens (including phenoxy) is 2. The first-order chi connectivity index (χ1) is 7.76. The number of hydrogen-bond donors (Lipinski definition) is 0. The van der Waals surface area contributed by atoms with Gasteiger partial charge >= 0.3 is 5.97 Å². The molecule has 1 aromatic rings. The Labute approximate surface area is 93.8 Å². The van der Waals surface area contributed by atoms with Crippen LogP contribution in [0.2, 0.25) is 0 Å². The fourth-order valence-electron chi connectivity index (χ4n) is 0.915. The van der Waals surface area contributed by atoms with E-state index in [1.165, 1.54) is 7.11 Å². The number of methoxy groups -OCH3 is 1. The summed E-state index contributed by atoms with van der Waals surface area (Å²) in [7, 11) is 1.51. The van der Waals surface area contributed by atoms with Crippen molar-refractivity contribution in [2.75, 3.05) is 13.7 Å². The first-order valence-electron chi connectivity index (χ1n) is 4.78. The number of hydrogen-bond acceptors (Lipinski definition) is 5. The molecule has 0 fully saturated rings. The van der Waals surface area contributed by atoms with E-state index in [-0.39, 0.29) is 12.4 Å². The molecule has 16 heavy (non-hydrogen) atoms. The first-order valence-corrected chi connectivity index (χ1v) is 4.78. The van der Waals surface area contributed by atoms with E-state index in [0.29, 0.717) is 18.2 Å². The van der Waals surface area contributed by atoms with E-state index in [1.807, 2.05) is 0 Å². The third-order valence-corrected chi connectivity index (χ3v) is 1.60. The highest BCUT2D eigenvalue weighted by Gasteiger charge is 1.97. The monoisotopic (exact) mass is 220 g/mol. The minimum atomic E-state index is -0.337. The van der Waals surface area contributed by atoms with E-state index in [2.05, 4.69) is 22.0 Å². The molecule has 0 radical (unpaired) electrons. The predicted molar refractivity (Wildman–Crippen MR) is 56.7 cm³/mol. The van der Waals surface area contributed by atoms with Gasteiger partial charge in [-0.1, -0.05) is 5.92 Å². The van der Waals surface area contributed by atoms with Crippen LogP contribution in [0.3, 0.4) is 0 Å². The number of nitrogens with zero attached hydrogens (tertiary/aromatic N) is 2. The maximum absolute atomic E-state index is 11.0. The molecule has 1 heterocycles. The Kier molecular flexibility index (Phi) is 4.80. The summed E-state index contributed by atoms with van der Waals surface area (Å²) < 4.78 is 9.57. The average molecular weight is 220 g/mol. The van der Waals surface area contributed by atoms with Crippen molar-refractivity contribution in [1.29, 1.82) is 0 Å². The fraction of sp³-hybridized carbons (Fsp3) is 0.364. The molecule has 1 rings (SSSR count). The summed E-state index contributed by atoms with van der Waals surface area (Å²) in [5.41, 5.74) is 0.491. The molecule has 0 aromatic carbocycles. The maximum Gasteiger partial charge on any atom is 0.317 e. The molecule has 0 aliphatic carbocycles. The van der Waals surface area contributed by atoms with E-state index in [9.17, 15) is 4.79 Å². The van der Waals surface area contributed by atoms with Crippen LogP contribution in [-0.2, 0) is 9.53 Å². The topological polar surface area (TPSA) is 61.3 Å². The van der Waals surface area contributed by atoms with Crippen LogP contribution in [0.15, 0.2) is 12.1 Å². The Bertz CT molecular complexity index is 403. The van der Waals surface area contributed by atoms with Crippen molar-refractivity contribution in [3.63, 3.8) is 0 Å². The van der Waals surface area contributed by atoms with Crippen molar-refractivity contribution in [3.05, 3.63) is 17.8 Å². The lowest BCUT2D eigenvalue weighted by Gasteiger charge is -1.95. The number of carbonyl (C=O) groups is 1. The Morgan fingerprint density at radius 3 is 2.81 bits per heavy atom. The van der Waals surface area contributed by atoms with Crippen molar-refractivity contribution in [1.82, 2.24) is 10.2 Å². The Hall–Kier alpha value is -2.09. The highest BCUT2D eigenvalue weighted by atomic mass is 16.5. The molecule has 84 valence electrons. The highest BCUT2D eigenvalue weighted by Crippen LogP contribution is 2.02. The van der Waals surface area contributed by atoms with E-state index in [4.69, 9.17) is 9.47 Å². The van der Waals surface area contributed by atoms with Crippen LogP contribution in [0.5, 0.6) is 5.88 Å². The molecule has 0 aliphatic rings. The highest BCUT2D eigenvalue weighted by molar-refractivity contribution is 5.72. The Morgan fingerprint density at radius 1 is 1.44 bits per heavy atom. The van der Waals surface area contributed by atoms with Gasteiger partial charge in [-0.3, -0.25) is 4.79 Å². The molecule has 0 saturated heterocycles. The molecule has 0 spiro atoms. The third-order valence-electron chi connectivity index (χ3n) is 1.60. The third kappa shape index (κ3) is 3.96. The first kappa shape index (κ1) is 12.0. The largest absolute Gasteiger partial charge is 0.480 e. The van der Waals surface area contributed by atoms with Gasteiger partial charge in [-0.25, -0.2) is 0 Å². The summed E-state index contributed by atoms with van der Waals surface area (Å²) in [6.45, 7) is 2.11. The van der Waals surface area contributed by atoms with E-state index in [0.717, 1.165) is 0 Å². The van der Waals surface area contributed by atoms with Gasteiger partial charge in [-0.2, -0.15) is 0 Å². The molecule has 0 N–H and O–H groups in total. The minimum absolute atomic E-state index is 0.0571. The summed E-state index contributed by atoms with van der Waals surface area (Å²) >= 11 is 0. The van der Waals surface area contributed by atoms with Gasteiger partial charge in [-0.05, 0) is 18.9 Å². The molecule has 5 nitrogen and oxygen atoms in total. The smallest absolute Gasteiger partial charge is 0.317 e. The van der Waals surface area contributed by atoms with Crippen molar-refractivity contribution in [3.8, 4) is 17.7 Å². The summed E-state index contributed by atoms with van der Waals surface area (Å²) in [6.07, 6.45) is 0.0571. The molecule has 0 bridgehead atoms. The second-order valence-corrected chi connectivity index (χ2v) is 2.74. The molecule has 0 amide bonds. The van der Waals surface area contributed by atoms with E-state index in [1.54, 1.807) is 19.1 Å². The van der Waals surface area contributed by atoms with Crippen molar-refractivity contribution >= 4 is 5.97 Å². The molecule has 0 saturated carbocycles. The van der Waals surface area contributed by atoms with Gasteiger partial charge in [0.05, 0.1) is 13.7 Å². The van der Waals surface area contributed by atoms with Gasteiger partial charge < -0.3 is 9.47 Å². The van der Waals surface area contributed by atoms with E-state index >= 15 is 0 Å². The molecule has 0 unspecified atom stereocenters. The van der Waals surface area contributed by atoms with Crippen LogP contribution in [0.25, 0.3) is 0 Å². The van der Waals surface area contributed by atoms with Gasteiger partial charge in [0.15, 0.2) is 0 Å². The van der Waals surface area contributed by atoms with Crippen LogP contribution in [0.1, 0.15) is 19.0 Å². The lowest BCUT2D eigenvalue weighted by Crippen LogP contribution is -2.01. The number of rotatable bonds is 3. The standard InChI is InChI=1S/C11H12N2O3/c1-3-16-11(14)6-4-5-9-7-8-10(15-2)13-12-9/h7-8H,3,6H2,1-2H3. The van der Waals surface area contributed by atoms with Gasteiger partial charge in [0.2, 0.25) is 5.88 Å². The van der Waals surface area contributed by atoms with Crippen molar-refractivity contribution < 1.29 is 14.3 Å². The molecule has 1 aromatic heterocycles. The lowest BCUT2D eigenvalue weighted by molar-refractivity contribution is -0.141. The van der Waals surface area contributed by atoms with Crippen molar-refractivity contribution in [2.24, 2.45) is 0 Å². The normalized spacial score (nSPS) is 8.88. The van der Waals surface area contributed by atoms with Crippen LogP contribution < -0.4 is 4.74 Å². The zero-order chi connectivity index (χ0) is 11.8. The second-order valence-electron chi connectivity index (χ2n) is 2.74. The molecular weight excluding hydrogens is 208 g/mol. The summed E-state index contributed by atoms with van der Waals surface area (Å²) in [6, 6.07) is 3.32. The van der Waals surface area contributed by atoms with Gasteiger partial charge in [0.1, 0.15) is 12.1 Å². The second kappa shape index (κ2) is 6.40. The van der Waals surface area contributed by atoms with Gasteiger partial charge in [-0.15, -0.1) is 10.2 Å². The van der Waals surface area contributed by atoms with Gasteiger partial charge in [0, 0.05) is 6.07 Å². The summed E-state index contributed by atoms with van der Waals surface area (Å²) in [4.78, 5) is 11.0. The van der Waals surface area contributed by atoms with Crippen LogP contribution in [-0.4, -0.2) is 29.9 Å². The number of carbonyl (C=O) groups excluding carboxylic acids is 1. The quantitative estimate of drug-likeness (QED) is 0.556. The predicted octanol–water partition coefficient (Wildman–Crippen LogP) is 0.790. The average Bonchev–Trinajstić information content (AvgIpc) is 2.30. The fourth-order valence-corrected chi connectivity index (χ4v) is 0.915.